The van der Waals surface area contributed by atoms with Crippen molar-refractivity contribution in [3.63, 3.8) is 0 Å². The highest BCUT2D eigenvalue weighted by Crippen LogP contribution is 2.44. The minimum Gasteiger partial charge on any atom is -0.493 e. The van der Waals surface area contributed by atoms with Crippen molar-refractivity contribution in [2.24, 2.45) is 23.4 Å². The first kappa shape index (κ1) is 6.38. The maximum absolute atomic E-state index is 13.9. The van der Waals surface area contributed by atoms with Crippen LogP contribution >= 0.6 is 0 Å². The van der Waals surface area contributed by atoms with Crippen LogP contribution in [0.15, 0.2) is 12.1 Å². The van der Waals surface area contributed by atoms with E-state index in [1.165, 1.54) is 0 Å². The fraction of sp³-hybridized carbons (Fsp3) is 0.708. The monoisotopic (exact) mass is 445 g/mol. The molecule has 6 heteroatoms. The molecule has 0 aliphatic carbocycles. The highest BCUT2D eigenvalue weighted by Gasteiger charge is 2.41. The van der Waals surface area contributed by atoms with Gasteiger partial charge in [-0.15, -0.1) is 0 Å². The summed E-state index contributed by atoms with van der Waals surface area (Å²) >= 11 is 0. The molecule has 0 radical (unpaired) electrons. The second-order valence-corrected chi connectivity index (χ2v) is 6.07. The number of hydrogen-bond acceptors (Lipinski definition) is 6. The topological polar surface area (TPSA) is 74.0 Å². The summed E-state index contributed by atoms with van der Waals surface area (Å²) in [7, 11) is -2.45. The Hall–Kier alpha value is -1.79. The van der Waals surface area contributed by atoms with Gasteiger partial charge in [-0.2, -0.15) is 0 Å². The Morgan fingerprint density at radius 1 is 1.43 bits per heavy atom. The molecular weight excluding hydrogens is 380 g/mol. The number of carbonyl (C=O) groups excluding carboxylic acids is 1. The van der Waals surface area contributed by atoms with Gasteiger partial charge in [0.1, 0.15) is 12.1 Å². The van der Waals surface area contributed by atoms with Crippen LogP contribution in [0.25, 0.3) is 0 Å². The van der Waals surface area contributed by atoms with Crippen LogP contribution in [0.3, 0.4) is 0 Å². The molecular formula is C24H38N2O4. The third-order valence-electron chi connectivity index (χ3n) is 3.99. The molecule has 2 N–H and O–H groups in total. The first-order valence-electron chi connectivity index (χ1n) is 21.9. The summed E-state index contributed by atoms with van der Waals surface area (Å²) in [5, 5.41) is 0. The van der Waals surface area contributed by atoms with Crippen molar-refractivity contribution >= 4 is 5.97 Å². The van der Waals surface area contributed by atoms with E-state index in [0.717, 1.165) is 7.11 Å². The number of benzene rings is 1. The summed E-state index contributed by atoms with van der Waals surface area (Å²) in [5.74, 6) is -17.4. The van der Waals surface area contributed by atoms with Gasteiger partial charge in [-0.05, 0) is 47.8 Å². The Kier molecular flexibility index (Phi) is 2.03. The molecule has 0 amide bonds. The molecule has 0 bridgehead atoms. The number of aryl methyl sites for hydroxylation is 1. The summed E-state index contributed by atoms with van der Waals surface area (Å²) in [6, 6.07) is -7.55. The average Bonchev–Trinajstić information content (AvgIpc) is 2.97. The predicted octanol–water partition coefficient (Wildman–Crippen LogP) is 3.56. The molecule has 3 rings (SSSR count). The van der Waals surface area contributed by atoms with E-state index in [9.17, 15) is 13.0 Å². The van der Waals surface area contributed by atoms with E-state index >= 15 is 0 Å². The number of ether oxygens (including phenoxy) is 3. The Labute approximate surface area is 219 Å². The Morgan fingerprint density at radius 2 is 2.23 bits per heavy atom. The van der Waals surface area contributed by atoms with E-state index in [0.29, 0.717) is 12.1 Å². The minimum atomic E-state index is -4.68. The van der Waals surface area contributed by atoms with Crippen molar-refractivity contribution in [2.75, 3.05) is 27.1 Å². The maximum atomic E-state index is 13.9. The van der Waals surface area contributed by atoms with Crippen LogP contribution in [0.1, 0.15) is 94.4 Å². The molecule has 2 heterocycles. The number of nitrogens with two attached hydrogens (primary N) is 1. The summed E-state index contributed by atoms with van der Waals surface area (Å²) < 4.78 is 242. The summed E-state index contributed by atoms with van der Waals surface area (Å²) in [5.41, 5.74) is 3.23. The summed E-state index contributed by atoms with van der Waals surface area (Å²) in [4.78, 5) is 13.3. The molecule has 2 aliphatic heterocycles. The number of fused-ring (bicyclic) bond motifs is 3. The van der Waals surface area contributed by atoms with E-state index < -0.39 is 129 Å². The van der Waals surface area contributed by atoms with Crippen molar-refractivity contribution in [1.29, 1.82) is 0 Å². The van der Waals surface area contributed by atoms with Crippen molar-refractivity contribution < 1.29 is 56.0 Å². The van der Waals surface area contributed by atoms with Gasteiger partial charge in [0.25, 0.3) is 0 Å². The number of hydrogen-bond donors (Lipinski definition) is 1. The lowest BCUT2D eigenvalue weighted by Gasteiger charge is -2.47. The molecule has 1 fully saturated rings. The zero-order valence-electron chi connectivity index (χ0n) is 42.9. The van der Waals surface area contributed by atoms with Crippen molar-refractivity contribution in [3.8, 4) is 11.5 Å². The first-order valence-corrected chi connectivity index (χ1v) is 8.36. The smallest absolute Gasteiger partial charge is 0.323 e. The van der Waals surface area contributed by atoms with Gasteiger partial charge in [-0.3, -0.25) is 9.69 Å². The second kappa shape index (κ2) is 9.56. The SMILES string of the molecule is [2H]C([2H])([2H])Oc1cc2c(cc1OC)C1([2H])N(C([2H])([2H])C2([2H])[2H])C([2H])([2H])C([2H])(C([2H])([2H])C([2H])(C)C([2H])([2H])[2H])C(OC(=O)[C@@]([2H])(N)C([2H])(C([2H])([2H])[2H])C([2H])([2H])[2H])C1([2H])[2H]. The van der Waals surface area contributed by atoms with Crippen molar-refractivity contribution in [1.82, 2.24) is 4.90 Å². The highest BCUT2D eigenvalue weighted by atomic mass is 16.5. The zero-order valence-corrected chi connectivity index (χ0v) is 15.9. The lowest BCUT2D eigenvalue weighted by Crippen LogP contribution is -2.51. The van der Waals surface area contributed by atoms with Gasteiger partial charge in [-0.1, -0.05) is 27.5 Å². The van der Waals surface area contributed by atoms with E-state index in [4.69, 9.17) is 48.7 Å². The lowest BCUT2D eigenvalue weighted by molar-refractivity contribution is -0.160. The number of methoxy groups -OCH3 is 2. The van der Waals surface area contributed by atoms with Crippen LogP contribution in [0.2, 0.25) is 0 Å². The van der Waals surface area contributed by atoms with Crippen LogP contribution in [0.5, 0.6) is 11.5 Å². The lowest BCUT2D eigenvalue weighted by atomic mass is 9.79. The third kappa shape index (κ3) is 4.75. The molecule has 0 saturated carbocycles. The van der Waals surface area contributed by atoms with Gasteiger partial charge in [0.15, 0.2) is 11.5 Å². The van der Waals surface area contributed by atoms with Crippen LogP contribution in [0.4, 0.5) is 0 Å². The number of esters is 1. The van der Waals surface area contributed by atoms with Gasteiger partial charge < -0.3 is 19.9 Å². The molecule has 0 aromatic heterocycles. The number of nitrogens with zero attached hydrogens (tertiary/aromatic N) is 1. The van der Waals surface area contributed by atoms with Crippen LogP contribution < -0.4 is 15.2 Å². The average molecular weight is 446 g/mol. The first-order chi connectivity index (χ1) is 24.6. The van der Waals surface area contributed by atoms with Crippen LogP contribution in [-0.4, -0.2) is 50.1 Å². The van der Waals surface area contributed by atoms with E-state index in [1.54, 1.807) is 0 Å². The molecule has 30 heavy (non-hydrogen) atoms. The number of rotatable bonds is 7. The molecule has 5 atom stereocenters. The largest absolute Gasteiger partial charge is 0.493 e. The molecule has 4 unspecified atom stereocenters. The molecule has 168 valence electrons. The fourth-order valence-electron chi connectivity index (χ4n) is 2.65. The third-order valence-corrected chi connectivity index (χ3v) is 3.99. The predicted molar refractivity (Wildman–Crippen MR) is 118 cm³/mol. The van der Waals surface area contributed by atoms with Gasteiger partial charge in [0.2, 0.25) is 0 Å². The molecule has 0 spiro atoms. The molecule has 2 aliphatic rings. The van der Waals surface area contributed by atoms with Crippen LogP contribution in [0, 0.1) is 17.7 Å². The molecule has 1 aromatic carbocycles. The molecule has 1 aromatic rings. The number of piperidine rings is 1. The van der Waals surface area contributed by atoms with Gasteiger partial charge >= 0.3 is 5.97 Å². The molecule has 1 saturated heterocycles. The van der Waals surface area contributed by atoms with Gasteiger partial charge in [0, 0.05) is 61.4 Å². The molecule has 6 nitrogen and oxygen atoms in total. The van der Waals surface area contributed by atoms with Crippen LogP contribution in [-0.2, 0) is 15.9 Å². The second-order valence-electron chi connectivity index (χ2n) is 6.07. The van der Waals surface area contributed by atoms with Crippen molar-refractivity contribution in [2.45, 2.75) is 64.7 Å². The van der Waals surface area contributed by atoms with E-state index in [2.05, 4.69) is 0 Å². The van der Waals surface area contributed by atoms with E-state index in [-0.39, 0.29) is 6.92 Å². The minimum absolute atomic E-state index is 0.260. The van der Waals surface area contributed by atoms with E-state index in [1.807, 2.05) is 0 Å². The Morgan fingerprint density at radius 3 is 2.93 bits per heavy atom. The quantitative estimate of drug-likeness (QED) is 0.647. The normalized spacial score (nSPS) is 55.3. The highest BCUT2D eigenvalue weighted by molar-refractivity contribution is 5.76. The Balaban J connectivity index is 2.69. The maximum Gasteiger partial charge on any atom is 0.323 e. The standard InChI is InChI=1S/C24H38N2O4/c1-14(2)9-17-13-26-8-7-16-10-21(28-5)22(29-6)11-18(16)19(26)12-20(17)30-24(27)23(25)15(3)4/h10-11,14-15,17,19-20,23H,7-9,12-13,25H2,1-6H3/t17?,19?,20?,23-/m0/s1/i1D3,3D3,4D3,5D3,7D2,8D2,9D2,12D2,13D2,14D,15D,17D,19D,23D/t14?,17?,19?,20?,23-. The zero-order chi connectivity index (χ0) is 45.6. The van der Waals surface area contributed by atoms with Gasteiger partial charge in [-0.25, -0.2) is 0 Å². The summed E-state index contributed by atoms with van der Waals surface area (Å²) in [6.45, 7) is -20.9. The Bertz CT molecular complexity index is 1750. The van der Waals surface area contributed by atoms with Crippen molar-refractivity contribution in [3.05, 3.63) is 23.3 Å². The van der Waals surface area contributed by atoms with Gasteiger partial charge in [0.05, 0.1) is 21.0 Å². The number of carbonyl (C=O) groups is 1. The fourth-order valence-corrected chi connectivity index (χ4v) is 2.65. The summed E-state index contributed by atoms with van der Waals surface area (Å²) in [6.07, 6.45) is -16.5.